The van der Waals surface area contributed by atoms with Crippen molar-refractivity contribution in [3.8, 4) is 11.5 Å². The zero-order valence-corrected chi connectivity index (χ0v) is 20.7. The molecular formula is C31H31NO5. The lowest BCUT2D eigenvalue weighted by molar-refractivity contribution is -0.147. The van der Waals surface area contributed by atoms with Crippen molar-refractivity contribution in [3.05, 3.63) is 131 Å². The fraction of sp³-hybridized carbons (Fsp3) is 0.194. The highest BCUT2D eigenvalue weighted by molar-refractivity contribution is 5.74. The van der Waals surface area contributed by atoms with Gasteiger partial charge in [0.05, 0.1) is 0 Å². The summed E-state index contributed by atoms with van der Waals surface area (Å²) in [6, 6.07) is 33.0. The maximum absolute atomic E-state index is 12.2. The first-order chi connectivity index (χ1) is 18.0. The zero-order chi connectivity index (χ0) is 26.0. The molecule has 1 unspecified atom stereocenters. The number of hydrogen-bond acceptors (Lipinski definition) is 5. The molecule has 0 aromatic heterocycles. The maximum atomic E-state index is 12.2. The number of aliphatic hydroxyl groups excluding tert-OH is 1. The predicted molar refractivity (Wildman–Crippen MR) is 142 cm³/mol. The summed E-state index contributed by atoms with van der Waals surface area (Å²) in [5.74, 6) is -0.159. The number of hydrogen-bond donors (Lipinski definition) is 2. The molecule has 4 aromatic rings. The molecule has 0 amide bonds. The smallest absolute Gasteiger partial charge is 0.324 e. The van der Waals surface area contributed by atoms with Gasteiger partial charge < -0.3 is 19.7 Å². The molecule has 0 bridgehead atoms. The first-order valence-corrected chi connectivity index (χ1v) is 12.1. The van der Waals surface area contributed by atoms with Crippen LogP contribution in [0.25, 0.3) is 0 Å². The van der Waals surface area contributed by atoms with Crippen molar-refractivity contribution in [2.75, 3.05) is 7.05 Å². The molecule has 2 N–H and O–H groups in total. The van der Waals surface area contributed by atoms with Gasteiger partial charge in [-0.1, -0.05) is 97.1 Å². The highest BCUT2D eigenvalue weighted by atomic mass is 16.5. The van der Waals surface area contributed by atoms with Crippen molar-refractivity contribution in [3.63, 3.8) is 0 Å². The van der Waals surface area contributed by atoms with Crippen molar-refractivity contribution in [2.24, 2.45) is 0 Å². The van der Waals surface area contributed by atoms with E-state index >= 15 is 0 Å². The van der Waals surface area contributed by atoms with Gasteiger partial charge >= 0.3 is 5.97 Å². The Kier molecular flexibility index (Phi) is 8.92. The Morgan fingerprint density at radius 3 is 1.73 bits per heavy atom. The number of rotatable bonds is 12. The van der Waals surface area contributed by atoms with Crippen LogP contribution in [0.1, 0.15) is 28.4 Å². The Labute approximate surface area is 217 Å². The van der Waals surface area contributed by atoms with Crippen LogP contribution in [-0.2, 0) is 24.6 Å². The van der Waals surface area contributed by atoms with E-state index in [4.69, 9.17) is 9.47 Å². The van der Waals surface area contributed by atoms with E-state index in [0.717, 1.165) is 16.7 Å². The lowest BCUT2D eigenvalue weighted by Crippen LogP contribution is -2.42. The van der Waals surface area contributed by atoms with Gasteiger partial charge in [0.25, 0.3) is 0 Å². The summed E-state index contributed by atoms with van der Waals surface area (Å²) >= 11 is 0. The van der Waals surface area contributed by atoms with E-state index in [2.05, 4.69) is 0 Å². The third kappa shape index (κ3) is 7.19. The van der Waals surface area contributed by atoms with Gasteiger partial charge in [-0.15, -0.1) is 0 Å². The fourth-order valence-corrected chi connectivity index (χ4v) is 4.13. The number of benzene rings is 4. The van der Waals surface area contributed by atoms with Crippen LogP contribution in [0.3, 0.4) is 0 Å². The molecule has 0 aliphatic rings. The van der Waals surface area contributed by atoms with Gasteiger partial charge in [-0.2, -0.15) is 0 Å². The molecule has 0 aliphatic heterocycles. The number of aliphatic hydroxyl groups is 1. The number of aliphatic carboxylic acids is 1. The van der Waals surface area contributed by atoms with Crippen molar-refractivity contribution in [1.82, 2.24) is 4.90 Å². The SMILES string of the molecule is CN(Cc1ccccc1)[C@H](C(=O)O)C(O)c1ccc(OCc2ccccc2)c(OCc2ccccc2)c1. The molecule has 6 heteroatoms. The van der Waals surface area contributed by atoms with Gasteiger partial charge in [-0.3, -0.25) is 9.69 Å². The number of carboxylic acids is 1. The molecule has 0 saturated heterocycles. The van der Waals surface area contributed by atoms with Crippen molar-refractivity contribution < 1.29 is 24.5 Å². The summed E-state index contributed by atoms with van der Waals surface area (Å²) in [4.78, 5) is 13.8. The number of carboxylic acid groups (broad SMARTS) is 1. The molecule has 37 heavy (non-hydrogen) atoms. The summed E-state index contributed by atoms with van der Waals surface area (Å²) in [5, 5.41) is 21.2. The molecule has 6 nitrogen and oxygen atoms in total. The number of carbonyl (C=O) groups is 1. The standard InChI is InChI=1S/C31H31NO5/c1-32(20-23-11-5-2-6-12-23)29(31(34)35)30(33)26-17-18-27(36-21-24-13-7-3-8-14-24)28(19-26)37-22-25-15-9-4-10-16-25/h2-19,29-30,33H,20-22H2,1H3,(H,34,35)/t29-,30?/m0/s1. The minimum Gasteiger partial charge on any atom is -0.485 e. The van der Waals surface area contributed by atoms with E-state index in [1.165, 1.54) is 0 Å². The lowest BCUT2D eigenvalue weighted by Gasteiger charge is -2.29. The van der Waals surface area contributed by atoms with E-state index in [-0.39, 0.29) is 0 Å². The second kappa shape index (κ2) is 12.7. The van der Waals surface area contributed by atoms with Gasteiger partial charge in [0.2, 0.25) is 0 Å². The first-order valence-electron chi connectivity index (χ1n) is 12.1. The third-order valence-electron chi connectivity index (χ3n) is 6.09. The second-order valence-corrected chi connectivity index (χ2v) is 8.88. The monoisotopic (exact) mass is 497 g/mol. The van der Waals surface area contributed by atoms with Gasteiger partial charge in [0, 0.05) is 6.54 Å². The molecule has 4 aromatic carbocycles. The van der Waals surface area contributed by atoms with E-state index in [1.54, 1.807) is 30.1 Å². The molecule has 0 heterocycles. The molecule has 2 atom stereocenters. The van der Waals surface area contributed by atoms with Crippen LogP contribution in [-0.4, -0.2) is 34.2 Å². The Bertz CT molecular complexity index is 1260. The summed E-state index contributed by atoms with van der Waals surface area (Å²) in [6.07, 6.45) is -1.28. The Morgan fingerprint density at radius 1 is 0.730 bits per heavy atom. The maximum Gasteiger partial charge on any atom is 0.324 e. The average molecular weight is 498 g/mol. The second-order valence-electron chi connectivity index (χ2n) is 8.88. The van der Waals surface area contributed by atoms with Crippen LogP contribution in [0.5, 0.6) is 11.5 Å². The van der Waals surface area contributed by atoms with Crippen LogP contribution in [0.15, 0.2) is 109 Å². The van der Waals surface area contributed by atoms with Gasteiger partial charge in [0.1, 0.15) is 25.4 Å². The summed E-state index contributed by atoms with van der Waals surface area (Å²) in [5.41, 5.74) is 3.38. The van der Waals surface area contributed by atoms with E-state index < -0.39 is 18.1 Å². The average Bonchev–Trinajstić information content (AvgIpc) is 2.92. The quantitative estimate of drug-likeness (QED) is 0.271. The van der Waals surface area contributed by atoms with Gasteiger partial charge in [-0.05, 0) is 41.4 Å². The van der Waals surface area contributed by atoms with Crippen LogP contribution in [0.4, 0.5) is 0 Å². The Morgan fingerprint density at radius 2 is 1.22 bits per heavy atom. The Hall–Kier alpha value is -4.13. The molecule has 0 fully saturated rings. The van der Waals surface area contributed by atoms with Gasteiger partial charge in [0.15, 0.2) is 11.5 Å². The summed E-state index contributed by atoms with van der Waals surface area (Å²) in [6.45, 7) is 1.03. The molecule has 0 aliphatic carbocycles. The topological polar surface area (TPSA) is 79.2 Å². The van der Waals surface area contributed by atoms with Gasteiger partial charge in [-0.25, -0.2) is 0 Å². The highest BCUT2D eigenvalue weighted by Crippen LogP contribution is 2.34. The van der Waals surface area contributed by atoms with Crippen LogP contribution < -0.4 is 9.47 Å². The number of ether oxygens (including phenoxy) is 2. The fourth-order valence-electron chi connectivity index (χ4n) is 4.13. The molecule has 0 saturated carbocycles. The Balaban J connectivity index is 1.57. The summed E-state index contributed by atoms with van der Waals surface area (Å²) < 4.78 is 12.1. The minimum absolute atomic E-state index is 0.304. The van der Waals surface area contributed by atoms with Crippen molar-refractivity contribution in [1.29, 1.82) is 0 Å². The van der Waals surface area contributed by atoms with Crippen molar-refractivity contribution in [2.45, 2.75) is 31.9 Å². The van der Waals surface area contributed by atoms with Crippen molar-refractivity contribution >= 4 is 5.97 Å². The van der Waals surface area contributed by atoms with E-state index in [1.807, 2.05) is 91.0 Å². The zero-order valence-electron chi connectivity index (χ0n) is 20.7. The largest absolute Gasteiger partial charge is 0.485 e. The first kappa shape index (κ1) is 25.9. The van der Waals surface area contributed by atoms with E-state index in [0.29, 0.717) is 36.8 Å². The van der Waals surface area contributed by atoms with Crippen LogP contribution in [0.2, 0.25) is 0 Å². The molecule has 0 radical (unpaired) electrons. The van der Waals surface area contributed by atoms with E-state index in [9.17, 15) is 15.0 Å². The number of nitrogens with zero attached hydrogens (tertiary/aromatic N) is 1. The minimum atomic E-state index is -1.28. The molecule has 0 spiro atoms. The lowest BCUT2D eigenvalue weighted by atomic mass is 10.00. The highest BCUT2D eigenvalue weighted by Gasteiger charge is 2.32. The summed E-state index contributed by atoms with van der Waals surface area (Å²) in [7, 11) is 1.69. The van der Waals surface area contributed by atoms with Crippen LogP contribution >= 0.6 is 0 Å². The third-order valence-corrected chi connectivity index (χ3v) is 6.09. The molecule has 190 valence electrons. The van der Waals surface area contributed by atoms with Crippen LogP contribution in [0, 0.1) is 0 Å². The molecule has 4 rings (SSSR count). The predicted octanol–water partition coefficient (Wildman–Crippen LogP) is 5.46. The number of likely N-dealkylation sites (N-methyl/N-ethyl adjacent to an activating group) is 1. The normalized spacial score (nSPS) is 12.6. The molecular weight excluding hydrogens is 466 g/mol.